The van der Waals surface area contributed by atoms with E-state index in [9.17, 15) is 4.79 Å². The van der Waals surface area contributed by atoms with Crippen LogP contribution in [0.5, 0.6) is 0 Å². The van der Waals surface area contributed by atoms with Gasteiger partial charge in [0.25, 0.3) is 0 Å². The molecule has 1 aliphatic rings. The van der Waals surface area contributed by atoms with Crippen LogP contribution in [0.15, 0.2) is 42.5 Å². The van der Waals surface area contributed by atoms with Crippen molar-refractivity contribution in [2.45, 2.75) is 13.0 Å². The van der Waals surface area contributed by atoms with Gasteiger partial charge in [-0.05, 0) is 23.3 Å². The summed E-state index contributed by atoms with van der Waals surface area (Å²) in [6.45, 7) is 3.46. The topological polar surface area (TPSA) is 40.5 Å². The van der Waals surface area contributed by atoms with Crippen molar-refractivity contribution in [2.75, 3.05) is 13.1 Å². The first-order valence-electron chi connectivity index (χ1n) is 6.61. The smallest absolute Gasteiger partial charge is 0.309 e. The fourth-order valence-electron chi connectivity index (χ4n) is 2.80. The van der Waals surface area contributed by atoms with Crippen LogP contribution in [0.2, 0.25) is 0 Å². The van der Waals surface area contributed by atoms with Crippen molar-refractivity contribution in [3.63, 3.8) is 0 Å². The number of carboxylic acids is 1. The lowest BCUT2D eigenvalue weighted by atomic mass is 9.93. The Bertz CT molecular complexity index is 612. The van der Waals surface area contributed by atoms with Crippen LogP contribution in [-0.2, 0) is 4.79 Å². The third-order valence-corrected chi connectivity index (χ3v) is 4.08. The van der Waals surface area contributed by atoms with E-state index in [0.29, 0.717) is 13.1 Å². The second-order valence-electron chi connectivity index (χ2n) is 5.23. The minimum absolute atomic E-state index is 0.197. The van der Waals surface area contributed by atoms with E-state index >= 15 is 0 Å². The molecular weight excluding hydrogens is 238 g/mol. The number of carbonyl (C=O) groups is 1. The van der Waals surface area contributed by atoms with Crippen LogP contribution in [0.1, 0.15) is 18.5 Å². The number of fused-ring (bicyclic) bond motifs is 1. The molecule has 3 rings (SSSR count). The molecule has 2 aromatic rings. The van der Waals surface area contributed by atoms with Crippen LogP contribution in [0.25, 0.3) is 10.8 Å². The molecule has 1 heterocycles. The first kappa shape index (κ1) is 12.2. The van der Waals surface area contributed by atoms with E-state index in [-0.39, 0.29) is 12.0 Å². The molecule has 1 saturated heterocycles. The van der Waals surface area contributed by atoms with Gasteiger partial charge < -0.3 is 5.11 Å². The van der Waals surface area contributed by atoms with Crippen LogP contribution in [0, 0.1) is 5.92 Å². The van der Waals surface area contributed by atoms with Crippen molar-refractivity contribution in [1.29, 1.82) is 0 Å². The monoisotopic (exact) mass is 255 g/mol. The molecule has 3 heteroatoms. The zero-order chi connectivity index (χ0) is 13.4. The van der Waals surface area contributed by atoms with Crippen LogP contribution >= 0.6 is 0 Å². The third-order valence-electron chi connectivity index (χ3n) is 4.08. The third kappa shape index (κ3) is 2.10. The maximum absolute atomic E-state index is 10.9. The molecule has 1 N–H and O–H groups in total. The van der Waals surface area contributed by atoms with Gasteiger partial charge in [-0.3, -0.25) is 9.69 Å². The van der Waals surface area contributed by atoms with Crippen LogP contribution < -0.4 is 0 Å². The van der Waals surface area contributed by atoms with Crippen molar-refractivity contribution in [2.24, 2.45) is 5.92 Å². The van der Waals surface area contributed by atoms with Gasteiger partial charge in [-0.1, -0.05) is 42.5 Å². The van der Waals surface area contributed by atoms with Gasteiger partial charge in [-0.15, -0.1) is 0 Å². The molecule has 19 heavy (non-hydrogen) atoms. The van der Waals surface area contributed by atoms with Gasteiger partial charge in [-0.2, -0.15) is 0 Å². The van der Waals surface area contributed by atoms with Gasteiger partial charge in [0.05, 0.1) is 5.92 Å². The zero-order valence-electron chi connectivity index (χ0n) is 10.9. The molecule has 0 aliphatic carbocycles. The van der Waals surface area contributed by atoms with Crippen LogP contribution in [0.4, 0.5) is 0 Å². The highest BCUT2D eigenvalue weighted by Gasteiger charge is 2.35. The predicted molar refractivity (Wildman–Crippen MR) is 75.1 cm³/mol. The maximum Gasteiger partial charge on any atom is 0.309 e. The Morgan fingerprint density at radius 3 is 2.63 bits per heavy atom. The fraction of sp³-hybridized carbons (Fsp3) is 0.312. The van der Waals surface area contributed by atoms with E-state index in [4.69, 9.17) is 5.11 Å². The second kappa shape index (κ2) is 4.67. The summed E-state index contributed by atoms with van der Waals surface area (Å²) < 4.78 is 0. The molecule has 0 amide bonds. The largest absolute Gasteiger partial charge is 0.481 e. The number of nitrogens with zero attached hydrogens (tertiary/aromatic N) is 1. The summed E-state index contributed by atoms with van der Waals surface area (Å²) in [7, 11) is 0. The Morgan fingerprint density at radius 1 is 1.21 bits per heavy atom. The van der Waals surface area contributed by atoms with Crippen molar-refractivity contribution >= 4 is 16.7 Å². The predicted octanol–water partition coefficient (Wildman–Crippen LogP) is 2.92. The Balaban J connectivity index is 1.87. The molecule has 0 spiro atoms. The Kier molecular flexibility index (Phi) is 2.99. The zero-order valence-corrected chi connectivity index (χ0v) is 10.9. The molecule has 0 saturated carbocycles. The van der Waals surface area contributed by atoms with E-state index in [1.807, 2.05) is 6.07 Å². The Morgan fingerprint density at radius 2 is 1.89 bits per heavy atom. The number of hydrogen-bond acceptors (Lipinski definition) is 2. The normalized spacial score (nSPS) is 18.2. The van der Waals surface area contributed by atoms with Gasteiger partial charge in [0.15, 0.2) is 0 Å². The lowest BCUT2D eigenvalue weighted by Crippen LogP contribution is -2.51. The van der Waals surface area contributed by atoms with E-state index in [1.165, 1.54) is 16.3 Å². The van der Waals surface area contributed by atoms with E-state index in [0.717, 1.165) is 0 Å². The lowest BCUT2D eigenvalue weighted by molar-refractivity contribution is -0.148. The molecule has 1 atom stereocenters. The molecule has 3 nitrogen and oxygen atoms in total. The SMILES string of the molecule is CC(c1cccc2ccccc12)N1CC(C(=O)O)C1. The molecule has 2 aromatic carbocycles. The van der Waals surface area contributed by atoms with Crippen LogP contribution in [0.3, 0.4) is 0 Å². The molecule has 0 aromatic heterocycles. The lowest BCUT2D eigenvalue weighted by Gasteiger charge is -2.41. The average Bonchev–Trinajstić information content (AvgIpc) is 2.35. The highest BCUT2D eigenvalue weighted by molar-refractivity contribution is 5.86. The summed E-state index contributed by atoms with van der Waals surface area (Å²) in [5.74, 6) is -0.876. The second-order valence-corrected chi connectivity index (χ2v) is 5.23. The van der Waals surface area contributed by atoms with Gasteiger partial charge in [-0.25, -0.2) is 0 Å². The van der Waals surface area contributed by atoms with E-state index in [1.54, 1.807) is 0 Å². The molecule has 1 unspecified atom stereocenters. The van der Waals surface area contributed by atoms with Gasteiger partial charge in [0.1, 0.15) is 0 Å². The van der Waals surface area contributed by atoms with Crippen molar-refractivity contribution in [3.05, 3.63) is 48.0 Å². The van der Waals surface area contributed by atoms with E-state index < -0.39 is 5.97 Å². The highest BCUT2D eigenvalue weighted by atomic mass is 16.4. The Labute approximate surface area is 112 Å². The molecule has 98 valence electrons. The summed E-state index contributed by atoms with van der Waals surface area (Å²) >= 11 is 0. The number of hydrogen-bond donors (Lipinski definition) is 1. The Hall–Kier alpha value is -1.87. The van der Waals surface area contributed by atoms with Gasteiger partial charge in [0, 0.05) is 19.1 Å². The maximum atomic E-state index is 10.9. The summed E-state index contributed by atoms with van der Waals surface area (Å²) in [5.41, 5.74) is 1.28. The van der Waals surface area contributed by atoms with Crippen LogP contribution in [-0.4, -0.2) is 29.1 Å². The van der Waals surface area contributed by atoms with Crippen molar-refractivity contribution < 1.29 is 9.90 Å². The van der Waals surface area contributed by atoms with Crippen molar-refractivity contribution in [3.8, 4) is 0 Å². The summed E-state index contributed by atoms with van der Waals surface area (Å²) in [4.78, 5) is 13.1. The first-order valence-corrected chi connectivity index (χ1v) is 6.61. The van der Waals surface area contributed by atoms with Gasteiger partial charge in [0.2, 0.25) is 0 Å². The van der Waals surface area contributed by atoms with E-state index in [2.05, 4.69) is 48.2 Å². The number of likely N-dealkylation sites (tertiary alicyclic amines) is 1. The quantitative estimate of drug-likeness (QED) is 0.916. The number of aliphatic carboxylic acids is 1. The molecule has 1 fully saturated rings. The molecule has 0 radical (unpaired) electrons. The number of rotatable bonds is 3. The average molecular weight is 255 g/mol. The summed E-state index contributed by atoms with van der Waals surface area (Å²) in [6.07, 6.45) is 0. The summed E-state index contributed by atoms with van der Waals surface area (Å²) in [5, 5.41) is 11.4. The fourth-order valence-corrected chi connectivity index (χ4v) is 2.80. The van der Waals surface area contributed by atoms with Gasteiger partial charge >= 0.3 is 5.97 Å². The molecule has 1 aliphatic heterocycles. The first-order chi connectivity index (χ1) is 9.16. The minimum atomic E-state index is -0.679. The summed E-state index contributed by atoms with van der Waals surface area (Å²) in [6, 6.07) is 14.9. The minimum Gasteiger partial charge on any atom is -0.481 e. The van der Waals surface area contributed by atoms with Crippen molar-refractivity contribution in [1.82, 2.24) is 4.90 Å². The number of carboxylic acid groups (broad SMARTS) is 1. The standard InChI is InChI=1S/C16H17NO2/c1-11(17-9-13(10-17)16(18)19)14-8-4-6-12-5-2-3-7-15(12)14/h2-8,11,13H,9-10H2,1H3,(H,18,19). The number of benzene rings is 2. The molecule has 0 bridgehead atoms. The highest BCUT2D eigenvalue weighted by Crippen LogP contribution is 2.32. The molecular formula is C16H17NO2.